The van der Waals surface area contributed by atoms with E-state index in [1.165, 1.54) is 23.1 Å². The van der Waals surface area contributed by atoms with E-state index in [9.17, 15) is 19.1 Å². The fraction of sp³-hybridized carbons (Fsp3) is 0.188. The van der Waals surface area contributed by atoms with Crippen LogP contribution < -0.4 is 0 Å². The Kier molecular flexibility index (Phi) is 4.11. The molecule has 6 nitrogen and oxygen atoms in total. The number of carbonyl (C=O) groups is 2. The first-order valence-corrected chi connectivity index (χ1v) is 7.43. The molecule has 0 bridgehead atoms. The molecular formula is C16H12ClFN2O4. The third-order valence-electron chi connectivity index (χ3n) is 3.85. The standard InChI is InChI=1S/C16H12ClFN2O4/c17-10-5-8(1-2-11(10)18)7-20-4-3-9-13(15(20)22)12(21)6-19-14(9)16(23)24/h1-2,5-6,21H,3-4,7H2,(H,23,24). The van der Waals surface area contributed by atoms with Crippen molar-refractivity contribution in [3.8, 4) is 5.75 Å². The lowest BCUT2D eigenvalue weighted by Gasteiger charge is -2.29. The maximum Gasteiger partial charge on any atom is 0.354 e. The molecule has 124 valence electrons. The zero-order valence-electron chi connectivity index (χ0n) is 12.3. The summed E-state index contributed by atoms with van der Waals surface area (Å²) in [5, 5.41) is 19.0. The number of benzene rings is 1. The number of pyridine rings is 1. The molecule has 1 aliphatic heterocycles. The Bertz CT molecular complexity index is 856. The number of rotatable bonds is 3. The number of carboxylic acid groups (broad SMARTS) is 1. The van der Waals surface area contributed by atoms with Crippen LogP contribution in [0.1, 0.15) is 32.0 Å². The summed E-state index contributed by atoms with van der Waals surface area (Å²) < 4.78 is 13.2. The van der Waals surface area contributed by atoms with E-state index in [-0.39, 0.29) is 47.1 Å². The number of halogens is 2. The summed E-state index contributed by atoms with van der Waals surface area (Å²) >= 11 is 5.74. The van der Waals surface area contributed by atoms with Gasteiger partial charge in [-0.3, -0.25) is 4.79 Å². The van der Waals surface area contributed by atoms with Crippen LogP contribution in [0.25, 0.3) is 0 Å². The Hall–Kier alpha value is -2.67. The highest BCUT2D eigenvalue weighted by Crippen LogP contribution is 2.29. The number of amides is 1. The van der Waals surface area contributed by atoms with Gasteiger partial charge in [0.15, 0.2) is 5.69 Å². The molecule has 0 saturated heterocycles. The lowest BCUT2D eigenvalue weighted by molar-refractivity contribution is 0.0685. The number of hydrogen-bond acceptors (Lipinski definition) is 4. The molecule has 2 aromatic rings. The normalized spacial score (nSPS) is 13.8. The second-order valence-electron chi connectivity index (χ2n) is 5.38. The van der Waals surface area contributed by atoms with E-state index in [1.807, 2.05) is 0 Å². The summed E-state index contributed by atoms with van der Waals surface area (Å²) in [6, 6.07) is 4.15. The number of nitrogens with zero attached hydrogens (tertiary/aromatic N) is 2. The van der Waals surface area contributed by atoms with Gasteiger partial charge in [0.2, 0.25) is 0 Å². The highest BCUT2D eigenvalue weighted by Gasteiger charge is 2.31. The van der Waals surface area contributed by atoms with Gasteiger partial charge in [0.1, 0.15) is 11.6 Å². The smallest absolute Gasteiger partial charge is 0.354 e. The van der Waals surface area contributed by atoms with Gasteiger partial charge < -0.3 is 15.1 Å². The van der Waals surface area contributed by atoms with Crippen LogP contribution in [0.2, 0.25) is 5.02 Å². The fourth-order valence-electron chi connectivity index (χ4n) is 2.72. The average molecular weight is 351 g/mol. The molecular weight excluding hydrogens is 339 g/mol. The van der Waals surface area contributed by atoms with Crippen molar-refractivity contribution in [2.24, 2.45) is 0 Å². The second kappa shape index (κ2) is 6.09. The van der Waals surface area contributed by atoms with Gasteiger partial charge in [-0.2, -0.15) is 0 Å². The average Bonchev–Trinajstić information content (AvgIpc) is 2.53. The zero-order valence-corrected chi connectivity index (χ0v) is 13.0. The van der Waals surface area contributed by atoms with Crippen molar-refractivity contribution in [2.45, 2.75) is 13.0 Å². The molecule has 2 heterocycles. The Morgan fingerprint density at radius 2 is 2.17 bits per heavy atom. The number of aromatic nitrogens is 1. The van der Waals surface area contributed by atoms with E-state index in [1.54, 1.807) is 0 Å². The Morgan fingerprint density at radius 1 is 1.42 bits per heavy atom. The van der Waals surface area contributed by atoms with Gasteiger partial charge in [0.25, 0.3) is 5.91 Å². The highest BCUT2D eigenvalue weighted by molar-refractivity contribution is 6.30. The van der Waals surface area contributed by atoms with Gasteiger partial charge in [0, 0.05) is 18.7 Å². The van der Waals surface area contributed by atoms with E-state index >= 15 is 0 Å². The maximum atomic E-state index is 13.2. The van der Waals surface area contributed by atoms with Crippen LogP contribution in [0, 0.1) is 5.82 Å². The van der Waals surface area contributed by atoms with Crippen LogP contribution in [-0.2, 0) is 13.0 Å². The molecule has 0 atom stereocenters. The fourth-order valence-corrected chi connectivity index (χ4v) is 2.93. The molecule has 24 heavy (non-hydrogen) atoms. The molecule has 8 heteroatoms. The molecule has 0 spiro atoms. The quantitative estimate of drug-likeness (QED) is 0.887. The number of hydrogen-bond donors (Lipinski definition) is 2. The topological polar surface area (TPSA) is 90.7 Å². The minimum atomic E-state index is -1.25. The van der Waals surface area contributed by atoms with E-state index in [0.29, 0.717) is 5.56 Å². The molecule has 1 aromatic carbocycles. The summed E-state index contributed by atoms with van der Waals surface area (Å²) in [5.74, 6) is -2.66. The molecule has 0 saturated carbocycles. The van der Waals surface area contributed by atoms with Crippen molar-refractivity contribution in [1.82, 2.24) is 9.88 Å². The van der Waals surface area contributed by atoms with Crippen LogP contribution in [0.15, 0.2) is 24.4 Å². The lowest BCUT2D eigenvalue weighted by Crippen LogP contribution is -2.38. The van der Waals surface area contributed by atoms with Crippen molar-refractivity contribution in [1.29, 1.82) is 0 Å². The number of aromatic carboxylic acids is 1. The number of aromatic hydroxyl groups is 1. The predicted molar refractivity (Wildman–Crippen MR) is 82.7 cm³/mol. The summed E-state index contributed by atoms with van der Waals surface area (Å²) in [6.07, 6.45) is 1.21. The molecule has 1 aliphatic rings. The molecule has 2 N–H and O–H groups in total. The highest BCUT2D eigenvalue weighted by atomic mass is 35.5. The Labute approximate surface area is 141 Å². The molecule has 1 aromatic heterocycles. The molecule has 0 radical (unpaired) electrons. The van der Waals surface area contributed by atoms with Crippen molar-refractivity contribution >= 4 is 23.5 Å². The lowest BCUT2D eigenvalue weighted by atomic mass is 9.96. The zero-order chi connectivity index (χ0) is 17.4. The summed E-state index contributed by atoms with van der Waals surface area (Å²) in [5.41, 5.74) is 0.563. The van der Waals surface area contributed by atoms with Crippen molar-refractivity contribution in [3.05, 3.63) is 57.6 Å². The minimum Gasteiger partial charge on any atom is -0.505 e. The first-order chi connectivity index (χ1) is 11.4. The second-order valence-corrected chi connectivity index (χ2v) is 5.78. The molecule has 1 amide bonds. The first kappa shape index (κ1) is 16.2. The minimum absolute atomic E-state index is 0.0439. The summed E-state index contributed by atoms with van der Waals surface area (Å²) in [4.78, 5) is 28.9. The molecule has 0 unspecified atom stereocenters. The molecule has 0 aliphatic carbocycles. The third kappa shape index (κ3) is 2.78. The van der Waals surface area contributed by atoms with E-state index in [0.717, 1.165) is 6.20 Å². The Balaban J connectivity index is 1.93. The van der Waals surface area contributed by atoms with Gasteiger partial charge in [-0.1, -0.05) is 17.7 Å². The third-order valence-corrected chi connectivity index (χ3v) is 4.14. The summed E-state index contributed by atoms with van der Waals surface area (Å²) in [7, 11) is 0. The number of carbonyl (C=O) groups excluding carboxylic acids is 1. The first-order valence-electron chi connectivity index (χ1n) is 7.06. The van der Waals surface area contributed by atoms with E-state index in [4.69, 9.17) is 16.7 Å². The molecule has 3 rings (SSSR count). The monoisotopic (exact) mass is 350 g/mol. The number of fused-ring (bicyclic) bond motifs is 1. The van der Waals surface area contributed by atoms with Crippen molar-refractivity contribution in [2.75, 3.05) is 6.54 Å². The molecule has 0 fully saturated rings. The van der Waals surface area contributed by atoms with Gasteiger partial charge in [-0.15, -0.1) is 0 Å². The maximum absolute atomic E-state index is 13.2. The van der Waals surface area contributed by atoms with Crippen LogP contribution in [0.5, 0.6) is 5.75 Å². The Morgan fingerprint density at radius 3 is 2.83 bits per heavy atom. The van der Waals surface area contributed by atoms with Crippen LogP contribution in [-0.4, -0.2) is 38.5 Å². The van der Waals surface area contributed by atoms with E-state index < -0.39 is 17.7 Å². The van der Waals surface area contributed by atoms with Crippen LogP contribution in [0.4, 0.5) is 4.39 Å². The van der Waals surface area contributed by atoms with Gasteiger partial charge in [-0.05, 0) is 24.1 Å². The van der Waals surface area contributed by atoms with E-state index in [2.05, 4.69) is 4.98 Å². The van der Waals surface area contributed by atoms with Gasteiger partial charge in [0.05, 0.1) is 16.8 Å². The van der Waals surface area contributed by atoms with Crippen molar-refractivity contribution in [3.63, 3.8) is 0 Å². The SMILES string of the molecule is O=C(O)c1ncc(O)c2c1CCN(Cc1ccc(F)c(Cl)c1)C2=O. The van der Waals surface area contributed by atoms with Crippen LogP contribution >= 0.6 is 11.6 Å². The summed E-state index contributed by atoms with van der Waals surface area (Å²) in [6.45, 7) is 0.425. The van der Waals surface area contributed by atoms with Crippen molar-refractivity contribution < 1.29 is 24.2 Å². The number of carboxylic acids is 1. The largest absolute Gasteiger partial charge is 0.505 e. The van der Waals surface area contributed by atoms with Gasteiger partial charge in [-0.25, -0.2) is 14.2 Å². The van der Waals surface area contributed by atoms with Crippen LogP contribution in [0.3, 0.4) is 0 Å². The predicted octanol–water partition coefficient (Wildman–Crippen LogP) is 2.48. The van der Waals surface area contributed by atoms with Gasteiger partial charge >= 0.3 is 5.97 Å².